The molecule has 0 bridgehead atoms. The summed E-state index contributed by atoms with van der Waals surface area (Å²) in [6.45, 7) is 18.5. The molecule has 0 aromatic rings. The molecule has 3 fully saturated rings. The van der Waals surface area contributed by atoms with Crippen LogP contribution in [0.2, 0.25) is 18.1 Å². The van der Waals surface area contributed by atoms with Gasteiger partial charge in [0.1, 0.15) is 17.0 Å². The minimum Gasteiger partial charge on any atom is -0.544 e. The summed E-state index contributed by atoms with van der Waals surface area (Å²) >= 11 is 0. The molecular formula is C30H44O6Si. The predicted octanol–water partition coefficient (Wildman–Crippen LogP) is 5.48. The highest BCUT2D eigenvalue weighted by Gasteiger charge is 2.81. The van der Waals surface area contributed by atoms with Crippen molar-refractivity contribution in [2.24, 2.45) is 28.6 Å². The Morgan fingerprint density at radius 3 is 2.51 bits per heavy atom. The third kappa shape index (κ3) is 3.42. The molecule has 1 aliphatic heterocycles. The molecule has 1 spiro atoms. The number of allylic oxidation sites excluding steroid dienone is 3. The molecule has 0 amide bonds. The number of hydrogen-bond acceptors (Lipinski definition) is 6. The topological polar surface area (TPSA) is 85.4 Å². The van der Waals surface area contributed by atoms with E-state index in [-0.39, 0.29) is 52.3 Å². The van der Waals surface area contributed by atoms with Crippen LogP contribution in [0.4, 0.5) is 0 Å². The van der Waals surface area contributed by atoms with Crippen LogP contribution in [0, 0.1) is 28.6 Å². The number of esters is 1. The number of rotatable bonds is 5. The molecule has 0 aromatic carbocycles. The zero-order valence-corrected chi connectivity index (χ0v) is 24.9. The van der Waals surface area contributed by atoms with E-state index >= 15 is 0 Å². The molecular weight excluding hydrogens is 484 g/mol. The van der Waals surface area contributed by atoms with Crippen LogP contribution in [-0.4, -0.2) is 49.1 Å². The monoisotopic (exact) mass is 528 g/mol. The van der Waals surface area contributed by atoms with Crippen LogP contribution in [0.3, 0.4) is 0 Å². The second-order valence-electron chi connectivity index (χ2n) is 14.2. The van der Waals surface area contributed by atoms with Crippen molar-refractivity contribution < 1.29 is 28.6 Å². The quantitative estimate of drug-likeness (QED) is 0.289. The number of carbonyl (C=O) groups excluding carboxylic acids is 2. The van der Waals surface area contributed by atoms with Crippen molar-refractivity contribution in [2.75, 3.05) is 6.61 Å². The van der Waals surface area contributed by atoms with Crippen molar-refractivity contribution in [2.45, 2.75) is 103 Å². The summed E-state index contributed by atoms with van der Waals surface area (Å²) in [5.41, 5.74) is -1.54. The number of aliphatic hydroxyl groups is 1. The summed E-state index contributed by atoms with van der Waals surface area (Å²) in [7, 11) is -1.96. The Balaban J connectivity index is 1.46. The Morgan fingerprint density at radius 2 is 1.89 bits per heavy atom. The van der Waals surface area contributed by atoms with Crippen LogP contribution in [0.25, 0.3) is 0 Å². The highest BCUT2D eigenvalue weighted by Crippen LogP contribution is 2.76. The molecule has 1 heterocycles. The van der Waals surface area contributed by atoms with Crippen molar-refractivity contribution in [3.05, 3.63) is 35.6 Å². The molecule has 6 nitrogen and oxygen atoms in total. The number of hydrogen-bond donors (Lipinski definition) is 1. The summed E-state index contributed by atoms with van der Waals surface area (Å²) in [5, 5.41) is 12.1. The molecule has 2 saturated carbocycles. The molecule has 5 rings (SSSR count). The number of ketones is 1. The van der Waals surface area contributed by atoms with Crippen LogP contribution < -0.4 is 0 Å². The maximum absolute atomic E-state index is 13.3. The summed E-state index contributed by atoms with van der Waals surface area (Å²) in [5.74, 6) is 0.143. The van der Waals surface area contributed by atoms with Crippen LogP contribution in [-0.2, 0) is 23.5 Å². The molecule has 0 radical (unpaired) electrons. The number of ether oxygens (including phenoxy) is 2. The van der Waals surface area contributed by atoms with Crippen LogP contribution in [0.1, 0.15) is 67.7 Å². The van der Waals surface area contributed by atoms with Gasteiger partial charge in [-0.25, -0.2) is 0 Å². The van der Waals surface area contributed by atoms with Gasteiger partial charge in [-0.05, 0) is 79.8 Å². The van der Waals surface area contributed by atoms with E-state index in [2.05, 4.69) is 72.0 Å². The predicted molar refractivity (Wildman–Crippen MR) is 144 cm³/mol. The Bertz CT molecular complexity index is 1130. The number of carbonyl (C=O) groups is 2. The Morgan fingerprint density at radius 1 is 1.22 bits per heavy atom. The van der Waals surface area contributed by atoms with E-state index in [4.69, 9.17) is 13.9 Å². The second-order valence-corrected chi connectivity index (χ2v) is 18.9. The lowest BCUT2D eigenvalue weighted by Crippen LogP contribution is -2.62. The summed E-state index contributed by atoms with van der Waals surface area (Å²) < 4.78 is 18.4. The van der Waals surface area contributed by atoms with Gasteiger partial charge in [-0.2, -0.15) is 0 Å². The minimum absolute atomic E-state index is 0.0355. The van der Waals surface area contributed by atoms with Crippen molar-refractivity contribution in [3.8, 4) is 0 Å². The highest BCUT2D eigenvalue weighted by atomic mass is 28.4. The Kier molecular flexibility index (Phi) is 5.75. The highest BCUT2D eigenvalue weighted by molar-refractivity contribution is 6.74. The zero-order chi connectivity index (χ0) is 27.4. The maximum atomic E-state index is 13.3. The van der Waals surface area contributed by atoms with Crippen molar-refractivity contribution in [1.29, 1.82) is 0 Å². The minimum atomic E-state index is -1.96. The van der Waals surface area contributed by atoms with Gasteiger partial charge in [-0.3, -0.25) is 9.59 Å². The first-order valence-electron chi connectivity index (χ1n) is 13.8. The van der Waals surface area contributed by atoms with Crippen molar-refractivity contribution in [1.82, 2.24) is 0 Å². The third-order valence-corrected chi connectivity index (χ3v) is 15.7. The fourth-order valence-electron chi connectivity index (χ4n) is 8.12. The molecule has 2 unspecified atom stereocenters. The van der Waals surface area contributed by atoms with Gasteiger partial charge in [0, 0.05) is 17.8 Å². The standard InChI is InChI=1S/C30H44O6Si/c1-18-14-23-22-11-10-20-15-21(36-37(8,9)26(3,4)5)12-13-27(20,6)30(22)25(35-30)16-28(23,7)29(18,33)24(32)17-34-19(2)31/h10,12-13,15,18,22-23,25,33H,11,14,16-17H2,1-9H3/t18?,22-,23-,25?,27-,28-,29-,30-/m0/s1. The Labute approximate surface area is 222 Å². The van der Waals surface area contributed by atoms with E-state index in [1.165, 1.54) is 12.5 Å². The van der Waals surface area contributed by atoms with E-state index in [9.17, 15) is 14.7 Å². The lowest BCUT2D eigenvalue weighted by molar-refractivity contribution is -0.170. The zero-order valence-electron chi connectivity index (χ0n) is 23.9. The van der Waals surface area contributed by atoms with Crippen molar-refractivity contribution in [3.63, 3.8) is 0 Å². The van der Waals surface area contributed by atoms with Gasteiger partial charge in [-0.1, -0.05) is 46.8 Å². The fourth-order valence-corrected chi connectivity index (χ4v) is 9.14. The van der Waals surface area contributed by atoms with E-state index in [1.807, 2.05) is 6.92 Å². The van der Waals surface area contributed by atoms with Gasteiger partial charge >= 0.3 is 5.97 Å². The molecule has 1 N–H and O–H groups in total. The van der Waals surface area contributed by atoms with Gasteiger partial charge in [0.25, 0.3) is 0 Å². The first-order chi connectivity index (χ1) is 16.9. The summed E-state index contributed by atoms with van der Waals surface area (Å²) in [6, 6.07) is 0. The molecule has 4 aliphatic carbocycles. The largest absolute Gasteiger partial charge is 0.544 e. The number of epoxide rings is 1. The lowest BCUT2D eigenvalue weighted by Gasteiger charge is -2.54. The maximum Gasteiger partial charge on any atom is 0.303 e. The third-order valence-electron chi connectivity index (χ3n) is 11.3. The molecule has 0 aromatic heterocycles. The van der Waals surface area contributed by atoms with E-state index in [0.717, 1.165) is 18.6 Å². The fraction of sp³-hybridized carbons (Fsp3) is 0.733. The van der Waals surface area contributed by atoms with Crippen LogP contribution >= 0.6 is 0 Å². The number of fused-ring (bicyclic) bond motifs is 3. The van der Waals surface area contributed by atoms with Gasteiger partial charge in [0.05, 0.1) is 6.10 Å². The lowest BCUT2D eigenvalue weighted by atomic mass is 9.48. The smallest absolute Gasteiger partial charge is 0.303 e. The summed E-state index contributed by atoms with van der Waals surface area (Å²) in [4.78, 5) is 24.7. The average molecular weight is 529 g/mol. The second kappa shape index (κ2) is 7.92. The van der Waals surface area contributed by atoms with Crippen molar-refractivity contribution >= 4 is 20.1 Å². The van der Waals surface area contributed by atoms with Gasteiger partial charge in [0.2, 0.25) is 14.1 Å². The first-order valence-corrected chi connectivity index (χ1v) is 16.7. The number of Topliss-reactive ketones (excluding diaryl/α,β-unsaturated/α-hetero) is 1. The first kappa shape index (κ1) is 26.9. The van der Waals surface area contributed by atoms with E-state index < -0.39 is 25.3 Å². The van der Waals surface area contributed by atoms with E-state index in [0.29, 0.717) is 6.42 Å². The van der Waals surface area contributed by atoms with E-state index in [1.54, 1.807) is 0 Å². The molecule has 204 valence electrons. The normalized spacial score (nSPS) is 43.9. The van der Waals surface area contributed by atoms with Gasteiger partial charge in [0.15, 0.2) is 6.61 Å². The van der Waals surface area contributed by atoms with Gasteiger partial charge < -0.3 is 19.0 Å². The molecule has 37 heavy (non-hydrogen) atoms. The van der Waals surface area contributed by atoms with Crippen LogP contribution in [0.15, 0.2) is 35.6 Å². The molecule has 7 heteroatoms. The molecule has 8 atom stereocenters. The SMILES string of the molecule is CC(=O)OCC(=O)[C@@]1(O)C(C)C[C@H]2[C@@H]3CC=C4C=C(O[Si](C)(C)C(C)(C)C)C=C[C@]4(C)[C@]34OC4C[C@@]21C. The van der Waals surface area contributed by atoms with Gasteiger partial charge in [-0.15, -0.1) is 0 Å². The van der Waals surface area contributed by atoms with Crippen LogP contribution in [0.5, 0.6) is 0 Å². The average Bonchev–Trinajstić information content (AvgIpc) is 3.46. The Hall–Kier alpha value is -1.70. The molecule has 5 aliphatic rings. The summed E-state index contributed by atoms with van der Waals surface area (Å²) in [6.07, 6.45) is 11.2. The molecule has 1 saturated heterocycles.